The van der Waals surface area contributed by atoms with Gasteiger partial charge in [-0.1, -0.05) is 29.5 Å². The molecule has 0 atom stereocenters. The Morgan fingerprint density at radius 1 is 1.19 bits per heavy atom. The molecule has 1 aromatic heterocycles. The summed E-state index contributed by atoms with van der Waals surface area (Å²) in [6.45, 7) is 4.13. The summed E-state index contributed by atoms with van der Waals surface area (Å²) in [6, 6.07) is 11.7. The molecule has 0 aliphatic carbocycles. The van der Waals surface area contributed by atoms with Gasteiger partial charge in [-0.15, -0.1) is 0 Å². The average molecular weight is 408 g/mol. The number of carbonyl (C=O) groups excluding carboxylic acids is 1. The van der Waals surface area contributed by atoms with Gasteiger partial charge in [-0.2, -0.15) is 0 Å². The topological polar surface area (TPSA) is 42.0 Å². The van der Waals surface area contributed by atoms with Crippen LogP contribution in [0.2, 0.25) is 0 Å². The van der Waals surface area contributed by atoms with Crippen molar-refractivity contribution in [3.05, 3.63) is 56.7 Å². The third kappa shape index (κ3) is 2.80. The molecular formula is C16H13IN2OS. The van der Waals surface area contributed by atoms with E-state index < -0.39 is 0 Å². The Morgan fingerprint density at radius 2 is 1.95 bits per heavy atom. The molecule has 0 saturated heterocycles. The third-order valence-electron chi connectivity index (χ3n) is 3.42. The molecule has 106 valence electrons. The molecule has 0 radical (unpaired) electrons. The fraction of sp³-hybridized carbons (Fsp3) is 0.125. The quantitative estimate of drug-likeness (QED) is 0.621. The largest absolute Gasteiger partial charge is 0.298 e. The van der Waals surface area contributed by atoms with E-state index in [4.69, 9.17) is 0 Å². The normalized spacial score (nSPS) is 10.8. The molecule has 0 fully saturated rings. The summed E-state index contributed by atoms with van der Waals surface area (Å²) in [5, 5.41) is 3.54. The first kappa shape index (κ1) is 14.5. The zero-order chi connectivity index (χ0) is 15.0. The van der Waals surface area contributed by atoms with Crippen LogP contribution in [0.25, 0.3) is 10.2 Å². The van der Waals surface area contributed by atoms with Crippen molar-refractivity contribution >= 4 is 55.2 Å². The van der Waals surface area contributed by atoms with Crippen molar-refractivity contribution in [3.63, 3.8) is 0 Å². The highest BCUT2D eigenvalue weighted by atomic mass is 127. The second-order valence-electron chi connectivity index (χ2n) is 4.81. The minimum Gasteiger partial charge on any atom is -0.298 e. The molecule has 0 spiro atoms. The van der Waals surface area contributed by atoms with Crippen LogP contribution in [0.5, 0.6) is 0 Å². The fourth-order valence-electron chi connectivity index (χ4n) is 2.09. The van der Waals surface area contributed by atoms with E-state index in [0.29, 0.717) is 10.7 Å². The molecule has 0 saturated carbocycles. The molecule has 0 unspecified atom stereocenters. The lowest BCUT2D eigenvalue weighted by Crippen LogP contribution is -2.13. The maximum atomic E-state index is 12.3. The lowest BCUT2D eigenvalue weighted by molar-refractivity contribution is 0.102. The molecule has 1 N–H and O–H groups in total. The molecule has 3 rings (SSSR count). The summed E-state index contributed by atoms with van der Waals surface area (Å²) < 4.78 is 2.02. The van der Waals surface area contributed by atoms with E-state index >= 15 is 0 Å². The number of fused-ring (bicyclic) bond motifs is 1. The number of halogens is 1. The van der Waals surface area contributed by atoms with Gasteiger partial charge in [-0.25, -0.2) is 4.98 Å². The molecular weight excluding hydrogens is 395 g/mol. The summed E-state index contributed by atoms with van der Waals surface area (Å²) in [7, 11) is 0. The number of nitrogens with zero attached hydrogens (tertiary/aromatic N) is 1. The van der Waals surface area contributed by atoms with Gasteiger partial charge in [0.1, 0.15) is 0 Å². The number of hydrogen-bond donors (Lipinski definition) is 1. The van der Waals surface area contributed by atoms with E-state index in [1.54, 1.807) is 0 Å². The maximum absolute atomic E-state index is 12.3. The maximum Gasteiger partial charge on any atom is 0.258 e. The molecule has 0 bridgehead atoms. The Hall–Kier alpha value is -1.47. The van der Waals surface area contributed by atoms with E-state index in [9.17, 15) is 4.79 Å². The van der Waals surface area contributed by atoms with E-state index in [1.807, 2.05) is 24.3 Å². The number of benzene rings is 2. The molecule has 5 heteroatoms. The van der Waals surface area contributed by atoms with Gasteiger partial charge in [0.15, 0.2) is 5.13 Å². The second kappa shape index (κ2) is 5.73. The monoisotopic (exact) mass is 408 g/mol. The highest BCUT2D eigenvalue weighted by Crippen LogP contribution is 2.30. The van der Waals surface area contributed by atoms with Crippen molar-refractivity contribution in [1.29, 1.82) is 0 Å². The van der Waals surface area contributed by atoms with Crippen LogP contribution in [-0.4, -0.2) is 10.9 Å². The third-order valence-corrected chi connectivity index (χ3v) is 5.30. The van der Waals surface area contributed by atoms with Gasteiger partial charge in [0.25, 0.3) is 5.91 Å². The van der Waals surface area contributed by atoms with Crippen molar-refractivity contribution in [3.8, 4) is 0 Å². The number of hydrogen-bond acceptors (Lipinski definition) is 3. The fourth-order valence-corrected chi connectivity index (χ4v) is 3.64. The first-order chi connectivity index (χ1) is 10.1. The first-order valence-corrected chi connectivity index (χ1v) is 8.38. The van der Waals surface area contributed by atoms with Gasteiger partial charge in [0, 0.05) is 3.57 Å². The summed E-state index contributed by atoms with van der Waals surface area (Å²) >= 11 is 3.67. The first-order valence-electron chi connectivity index (χ1n) is 6.49. The van der Waals surface area contributed by atoms with Gasteiger partial charge < -0.3 is 0 Å². The number of aryl methyl sites for hydroxylation is 2. The number of amides is 1. The van der Waals surface area contributed by atoms with Gasteiger partial charge in [-0.05, 0) is 65.8 Å². The molecule has 3 aromatic rings. The number of nitrogens with one attached hydrogen (secondary N) is 1. The Balaban J connectivity index is 1.94. The Kier molecular flexibility index (Phi) is 3.95. The predicted molar refractivity (Wildman–Crippen MR) is 96.2 cm³/mol. The highest BCUT2D eigenvalue weighted by Gasteiger charge is 2.13. The van der Waals surface area contributed by atoms with Gasteiger partial charge in [0.05, 0.1) is 15.8 Å². The molecule has 0 aliphatic rings. The Labute approximate surface area is 140 Å². The van der Waals surface area contributed by atoms with E-state index in [1.165, 1.54) is 22.5 Å². The van der Waals surface area contributed by atoms with Crippen molar-refractivity contribution in [2.75, 3.05) is 5.32 Å². The molecule has 2 aromatic carbocycles. The lowest BCUT2D eigenvalue weighted by Gasteiger charge is -2.03. The summed E-state index contributed by atoms with van der Waals surface area (Å²) in [5.41, 5.74) is 4.02. The summed E-state index contributed by atoms with van der Waals surface area (Å²) in [6.07, 6.45) is 0. The van der Waals surface area contributed by atoms with Crippen LogP contribution in [0.4, 0.5) is 5.13 Å². The van der Waals surface area contributed by atoms with Crippen LogP contribution >= 0.6 is 33.9 Å². The average Bonchev–Trinajstić information content (AvgIpc) is 2.87. The SMILES string of the molecule is Cc1ccc2sc(NC(=O)c3ccccc3I)nc2c1C. The number of aromatic nitrogens is 1. The molecule has 1 amide bonds. The highest BCUT2D eigenvalue weighted by molar-refractivity contribution is 14.1. The number of anilines is 1. The van der Waals surface area contributed by atoms with Crippen LogP contribution < -0.4 is 5.32 Å². The number of carbonyl (C=O) groups is 1. The number of thiazole rings is 1. The zero-order valence-corrected chi connectivity index (χ0v) is 14.6. The van der Waals surface area contributed by atoms with Crippen molar-refractivity contribution in [1.82, 2.24) is 4.98 Å². The minimum absolute atomic E-state index is 0.117. The van der Waals surface area contributed by atoms with Gasteiger partial charge in [-0.3, -0.25) is 10.1 Å². The molecule has 0 aliphatic heterocycles. The lowest BCUT2D eigenvalue weighted by atomic mass is 10.1. The van der Waals surface area contributed by atoms with Gasteiger partial charge in [0.2, 0.25) is 0 Å². The van der Waals surface area contributed by atoms with Crippen molar-refractivity contribution < 1.29 is 4.79 Å². The smallest absolute Gasteiger partial charge is 0.258 e. The Bertz CT molecular complexity index is 841. The standard InChI is InChI=1S/C16H13IN2OS/c1-9-7-8-13-14(10(9)2)18-16(21-13)19-15(20)11-5-3-4-6-12(11)17/h3-8H,1-2H3,(H,18,19,20). The molecule has 21 heavy (non-hydrogen) atoms. The zero-order valence-electron chi connectivity index (χ0n) is 11.6. The van der Waals surface area contributed by atoms with Crippen LogP contribution in [0, 0.1) is 17.4 Å². The van der Waals surface area contributed by atoms with E-state index in [-0.39, 0.29) is 5.91 Å². The van der Waals surface area contributed by atoms with Crippen LogP contribution in [-0.2, 0) is 0 Å². The van der Waals surface area contributed by atoms with Crippen LogP contribution in [0.1, 0.15) is 21.5 Å². The summed E-state index contributed by atoms with van der Waals surface area (Å²) in [4.78, 5) is 16.9. The minimum atomic E-state index is -0.117. The molecule has 1 heterocycles. The summed E-state index contributed by atoms with van der Waals surface area (Å²) in [5.74, 6) is -0.117. The van der Waals surface area contributed by atoms with Crippen LogP contribution in [0.15, 0.2) is 36.4 Å². The van der Waals surface area contributed by atoms with Crippen LogP contribution in [0.3, 0.4) is 0 Å². The Morgan fingerprint density at radius 3 is 2.71 bits per heavy atom. The van der Waals surface area contributed by atoms with Crippen molar-refractivity contribution in [2.24, 2.45) is 0 Å². The molecule has 3 nitrogen and oxygen atoms in total. The van der Waals surface area contributed by atoms with Gasteiger partial charge >= 0.3 is 0 Å². The van der Waals surface area contributed by atoms with E-state index in [0.717, 1.165) is 13.8 Å². The number of rotatable bonds is 2. The van der Waals surface area contributed by atoms with Crippen molar-refractivity contribution in [2.45, 2.75) is 13.8 Å². The van der Waals surface area contributed by atoms with E-state index in [2.05, 4.69) is 58.9 Å². The second-order valence-corrected chi connectivity index (χ2v) is 7.00. The predicted octanol–water partition coefficient (Wildman–Crippen LogP) is 4.77.